The molecule has 4 nitrogen and oxygen atoms in total. The Morgan fingerprint density at radius 1 is 1.15 bits per heavy atom. The van der Waals surface area contributed by atoms with Crippen LogP contribution in [0.2, 0.25) is 5.02 Å². The van der Waals surface area contributed by atoms with E-state index in [0.29, 0.717) is 5.56 Å². The zero-order chi connectivity index (χ0) is 19.8. The van der Waals surface area contributed by atoms with Crippen molar-refractivity contribution in [1.29, 1.82) is 0 Å². The summed E-state index contributed by atoms with van der Waals surface area (Å²) >= 11 is 5.98. The summed E-state index contributed by atoms with van der Waals surface area (Å²) in [7, 11) is 0. The van der Waals surface area contributed by atoms with Crippen LogP contribution in [0.25, 0.3) is 6.08 Å². The van der Waals surface area contributed by atoms with Crippen molar-refractivity contribution < 1.29 is 32.6 Å². The van der Waals surface area contributed by atoms with Crippen molar-refractivity contribution in [3.63, 3.8) is 0 Å². The highest BCUT2D eigenvalue weighted by Crippen LogP contribution is 2.40. The van der Waals surface area contributed by atoms with Gasteiger partial charge in [-0.25, -0.2) is 4.79 Å². The fourth-order valence-corrected chi connectivity index (χ4v) is 3.01. The fraction of sp³-hybridized carbons (Fsp3) is 0.158. The SMILES string of the molecule is O=C(O)C1=Cc2cc(Cl)cc(C(=O)Cc3ccccc3)c2OC1C(F)(F)F. The average molecular weight is 397 g/mol. The van der Waals surface area contributed by atoms with E-state index in [4.69, 9.17) is 21.4 Å². The third-order valence-corrected chi connectivity index (χ3v) is 4.18. The number of carbonyl (C=O) groups excluding carboxylic acids is 1. The average Bonchev–Trinajstić information content (AvgIpc) is 2.59. The number of hydrogen-bond donors (Lipinski definition) is 1. The van der Waals surface area contributed by atoms with Crippen LogP contribution in [0.3, 0.4) is 0 Å². The van der Waals surface area contributed by atoms with Gasteiger partial charge in [-0.1, -0.05) is 41.9 Å². The summed E-state index contributed by atoms with van der Waals surface area (Å²) in [4.78, 5) is 23.9. The second kappa shape index (κ2) is 7.08. The first-order chi connectivity index (χ1) is 12.7. The van der Waals surface area contributed by atoms with E-state index in [-0.39, 0.29) is 28.3 Å². The number of carbonyl (C=O) groups is 2. The molecular formula is C19H12ClF3O4. The number of carboxylic acids is 1. The molecule has 0 spiro atoms. The molecule has 0 saturated carbocycles. The molecule has 1 aliphatic rings. The number of ketones is 1. The Kier molecular flexibility index (Phi) is 4.97. The smallest absolute Gasteiger partial charge is 0.430 e. The van der Waals surface area contributed by atoms with E-state index in [9.17, 15) is 22.8 Å². The van der Waals surface area contributed by atoms with E-state index in [2.05, 4.69) is 0 Å². The maximum Gasteiger partial charge on any atom is 0.430 e. The minimum atomic E-state index is -4.96. The maximum atomic E-state index is 13.3. The lowest BCUT2D eigenvalue weighted by atomic mass is 9.95. The summed E-state index contributed by atoms with van der Waals surface area (Å²) in [5.74, 6) is -2.58. The van der Waals surface area contributed by atoms with Gasteiger partial charge in [0.25, 0.3) is 0 Å². The van der Waals surface area contributed by atoms with Gasteiger partial charge in [-0.15, -0.1) is 0 Å². The van der Waals surface area contributed by atoms with Crippen molar-refractivity contribution in [3.05, 3.63) is 69.8 Å². The number of carboxylic acid groups (broad SMARTS) is 1. The summed E-state index contributed by atoms with van der Waals surface area (Å²) in [6.45, 7) is 0. The van der Waals surface area contributed by atoms with Crippen LogP contribution in [0.1, 0.15) is 21.5 Å². The van der Waals surface area contributed by atoms with Gasteiger partial charge < -0.3 is 9.84 Å². The van der Waals surface area contributed by atoms with E-state index in [1.165, 1.54) is 12.1 Å². The summed E-state index contributed by atoms with van der Waals surface area (Å²) in [6.07, 6.45) is -6.86. The molecule has 8 heteroatoms. The van der Waals surface area contributed by atoms with Crippen LogP contribution in [0, 0.1) is 0 Å². The number of fused-ring (bicyclic) bond motifs is 1. The molecule has 2 aromatic carbocycles. The van der Waals surface area contributed by atoms with Crippen LogP contribution in [0.15, 0.2) is 48.0 Å². The molecule has 1 unspecified atom stereocenters. The minimum absolute atomic E-state index is 0.0109. The molecule has 0 bridgehead atoms. The molecule has 0 aromatic heterocycles. The Bertz CT molecular complexity index is 936. The van der Waals surface area contributed by atoms with E-state index in [1.807, 2.05) is 0 Å². The number of ether oxygens (including phenoxy) is 1. The molecule has 0 saturated heterocycles. The molecule has 27 heavy (non-hydrogen) atoms. The Labute approximate surface area is 156 Å². The number of benzene rings is 2. The van der Waals surface area contributed by atoms with Gasteiger partial charge in [0.05, 0.1) is 11.1 Å². The van der Waals surface area contributed by atoms with Gasteiger partial charge in [0, 0.05) is 17.0 Å². The summed E-state index contributed by atoms with van der Waals surface area (Å²) in [5.41, 5.74) is -0.423. The predicted molar refractivity (Wildman–Crippen MR) is 92.0 cm³/mol. The summed E-state index contributed by atoms with van der Waals surface area (Å²) < 4.78 is 44.8. The Hall–Kier alpha value is -2.80. The molecule has 3 rings (SSSR count). The molecule has 1 heterocycles. The molecule has 0 radical (unpaired) electrons. The molecule has 0 aliphatic carbocycles. The summed E-state index contributed by atoms with van der Waals surface area (Å²) in [5, 5.41) is 9.18. The van der Waals surface area contributed by atoms with Crippen LogP contribution in [-0.4, -0.2) is 29.1 Å². The molecule has 0 fully saturated rings. The van der Waals surface area contributed by atoms with Crippen molar-refractivity contribution in [3.8, 4) is 5.75 Å². The van der Waals surface area contributed by atoms with Crippen molar-refractivity contribution in [2.75, 3.05) is 0 Å². The lowest BCUT2D eigenvalue weighted by molar-refractivity contribution is -0.187. The van der Waals surface area contributed by atoms with Crippen molar-refractivity contribution in [2.24, 2.45) is 0 Å². The first-order valence-electron chi connectivity index (χ1n) is 7.75. The zero-order valence-electron chi connectivity index (χ0n) is 13.6. The molecule has 1 aliphatic heterocycles. The second-order valence-electron chi connectivity index (χ2n) is 5.90. The van der Waals surface area contributed by atoms with Gasteiger partial charge in [0.15, 0.2) is 5.78 Å². The van der Waals surface area contributed by atoms with Crippen molar-refractivity contribution in [2.45, 2.75) is 18.7 Å². The number of aliphatic carboxylic acids is 1. The maximum absolute atomic E-state index is 13.3. The lowest BCUT2D eigenvalue weighted by Gasteiger charge is -2.28. The van der Waals surface area contributed by atoms with E-state index < -0.39 is 29.6 Å². The first-order valence-corrected chi connectivity index (χ1v) is 8.13. The monoisotopic (exact) mass is 396 g/mol. The zero-order valence-corrected chi connectivity index (χ0v) is 14.3. The van der Waals surface area contributed by atoms with Crippen LogP contribution < -0.4 is 4.74 Å². The second-order valence-corrected chi connectivity index (χ2v) is 6.34. The van der Waals surface area contributed by atoms with Crippen molar-refractivity contribution >= 4 is 29.4 Å². The predicted octanol–water partition coefficient (Wildman–Crippen LogP) is 4.56. The van der Waals surface area contributed by atoms with Crippen molar-refractivity contribution in [1.82, 2.24) is 0 Å². The number of rotatable bonds is 4. The molecule has 0 amide bonds. The lowest BCUT2D eigenvalue weighted by Crippen LogP contribution is -2.40. The third-order valence-electron chi connectivity index (χ3n) is 3.96. The Morgan fingerprint density at radius 3 is 2.41 bits per heavy atom. The highest BCUT2D eigenvalue weighted by atomic mass is 35.5. The highest BCUT2D eigenvalue weighted by molar-refractivity contribution is 6.31. The van der Waals surface area contributed by atoms with Gasteiger partial charge in [0.2, 0.25) is 6.10 Å². The Balaban J connectivity index is 2.07. The largest absolute Gasteiger partial charge is 0.478 e. The van der Waals surface area contributed by atoms with Crippen LogP contribution in [-0.2, 0) is 11.2 Å². The van der Waals surface area contributed by atoms with Gasteiger partial charge in [-0.2, -0.15) is 13.2 Å². The molecule has 1 N–H and O–H groups in total. The summed E-state index contributed by atoms with van der Waals surface area (Å²) in [6, 6.07) is 11.1. The normalized spacial score (nSPS) is 16.1. The fourth-order valence-electron chi connectivity index (χ4n) is 2.78. The van der Waals surface area contributed by atoms with Crippen LogP contribution in [0.5, 0.6) is 5.75 Å². The minimum Gasteiger partial charge on any atom is -0.478 e. The van der Waals surface area contributed by atoms with E-state index >= 15 is 0 Å². The highest BCUT2D eigenvalue weighted by Gasteiger charge is 2.49. The van der Waals surface area contributed by atoms with E-state index in [0.717, 1.165) is 6.08 Å². The van der Waals surface area contributed by atoms with Gasteiger partial charge in [-0.05, 0) is 23.8 Å². The van der Waals surface area contributed by atoms with Gasteiger partial charge in [-0.3, -0.25) is 4.79 Å². The van der Waals surface area contributed by atoms with Crippen LogP contribution >= 0.6 is 11.6 Å². The quantitative estimate of drug-likeness (QED) is 0.770. The number of hydrogen-bond acceptors (Lipinski definition) is 3. The van der Waals surface area contributed by atoms with Crippen LogP contribution in [0.4, 0.5) is 13.2 Å². The topological polar surface area (TPSA) is 63.6 Å². The number of alkyl halides is 3. The molecule has 1 atom stereocenters. The third kappa shape index (κ3) is 3.98. The van der Waals surface area contributed by atoms with Gasteiger partial charge >= 0.3 is 12.1 Å². The molecular weight excluding hydrogens is 385 g/mol. The standard InChI is InChI=1S/C19H12ClF3O4/c20-12-7-11-8-14(18(25)26)17(19(21,22)23)27-16(11)13(9-12)15(24)6-10-4-2-1-3-5-10/h1-5,7-9,17H,6H2,(H,25,26). The molecule has 140 valence electrons. The number of halogens is 4. The Morgan fingerprint density at radius 2 is 1.81 bits per heavy atom. The van der Waals surface area contributed by atoms with E-state index in [1.54, 1.807) is 30.3 Å². The number of Topliss-reactive ketones (excluding diaryl/α,β-unsaturated/α-hetero) is 1. The molecule has 2 aromatic rings. The first kappa shape index (κ1) is 19.0. The van der Waals surface area contributed by atoms with Gasteiger partial charge in [0.1, 0.15) is 5.75 Å².